The highest BCUT2D eigenvalue weighted by Gasteiger charge is 2.37. The number of para-hydroxylation sites is 2. The molecule has 0 amide bonds. The van der Waals surface area contributed by atoms with Gasteiger partial charge in [0.05, 0.1) is 11.0 Å². The first-order valence-electron chi connectivity index (χ1n) is 19.6. The van der Waals surface area contributed by atoms with E-state index < -0.39 is 0 Å². The highest BCUT2D eigenvalue weighted by molar-refractivity contribution is 6.15. The van der Waals surface area contributed by atoms with Crippen LogP contribution in [0.1, 0.15) is 47.8 Å². The highest BCUT2D eigenvalue weighted by Crippen LogP contribution is 2.52. The molecule has 1 aromatic heterocycles. The predicted octanol–water partition coefficient (Wildman–Crippen LogP) is 12.7. The van der Waals surface area contributed by atoms with Crippen molar-refractivity contribution < 1.29 is 0 Å². The van der Waals surface area contributed by atoms with E-state index in [-0.39, 0.29) is 11.6 Å². The van der Waals surface area contributed by atoms with E-state index in [2.05, 4.69) is 194 Å². The molecular formula is C53H43N3. The van der Waals surface area contributed by atoms with Crippen molar-refractivity contribution in [2.75, 3.05) is 0 Å². The molecule has 270 valence electrons. The Balaban J connectivity index is 1.09. The first-order chi connectivity index (χ1) is 27.5. The number of rotatable bonds is 8. The topological polar surface area (TPSA) is 43.0 Å². The van der Waals surface area contributed by atoms with Crippen molar-refractivity contribution in [2.45, 2.75) is 31.8 Å². The molecule has 10 rings (SSSR count). The quantitative estimate of drug-likeness (QED) is 0.153. The minimum atomic E-state index is -0.380. The van der Waals surface area contributed by atoms with E-state index in [0.29, 0.717) is 0 Å². The number of hydrogen-bond acceptors (Lipinski definition) is 2. The van der Waals surface area contributed by atoms with E-state index in [1.807, 2.05) is 18.2 Å². The molecule has 1 aliphatic rings. The van der Waals surface area contributed by atoms with Crippen LogP contribution in [0, 0.1) is 0 Å². The maximum atomic E-state index is 6.96. The maximum absolute atomic E-state index is 6.96. The minimum absolute atomic E-state index is 0.143. The van der Waals surface area contributed by atoms with Gasteiger partial charge in [-0.05, 0) is 98.1 Å². The summed E-state index contributed by atoms with van der Waals surface area (Å²) in [5.41, 5.74) is 22.6. The summed E-state index contributed by atoms with van der Waals surface area (Å²) in [7, 11) is 0. The third kappa shape index (κ3) is 5.63. The van der Waals surface area contributed by atoms with Gasteiger partial charge in [0.2, 0.25) is 0 Å². The standard InChI is InChI=1S/C53H43N3/c1-53(2)45-27-14-26-42(50(45)44-33-37-19-9-10-20-38(37)34-46(44)53)47(55-52(54)36-17-5-3-6-18-36)31-30-35-16-13-21-39(32-35)41-25-15-29-49-51(41)43-24-11-12-28-48(43)56(49)40-22-7-4-8-23-40/h3-29,31-34,52,55H,30,54H2,1-2H3/b47-31-. The molecule has 8 aromatic carbocycles. The summed E-state index contributed by atoms with van der Waals surface area (Å²) in [4.78, 5) is 0. The van der Waals surface area contributed by atoms with Crippen molar-refractivity contribution in [1.29, 1.82) is 0 Å². The van der Waals surface area contributed by atoms with Crippen molar-refractivity contribution in [3.63, 3.8) is 0 Å². The molecule has 9 aromatic rings. The van der Waals surface area contributed by atoms with Gasteiger partial charge < -0.3 is 15.6 Å². The first-order valence-corrected chi connectivity index (χ1v) is 19.6. The van der Waals surface area contributed by atoms with Crippen molar-refractivity contribution in [3.8, 4) is 27.9 Å². The van der Waals surface area contributed by atoms with E-state index in [1.165, 1.54) is 77.1 Å². The Morgan fingerprint density at radius 2 is 1.30 bits per heavy atom. The number of nitrogens with one attached hydrogen (secondary N) is 1. The minimum Gasteiger partial charge on any atom is -0.366 e. The Kier molecular flexibility index (Phi) is 8.20. The predicted molar refractivity (Wildman–Crippen MR) is 236 cm³/mol. The van der Waals surface area contributed by atoms with E-state index in [0.717, 1.165) is 23.4 Å². The summed E-state index contributed by atoms with van der Waals surface area (Å²) < 4.78 is 2.38. The molecule has 0 spiro atoms. The number of nitrogens with zero attached hydrogens (tertiary/aromatic N) is 1. The lowest BCUT2D eigenvalue weighted by Crippen LogP contribution is -2.28. The van der Waals surface area contributed by atoms with Gasteiger partial charge in [-0.2, -0.15) is 0 Å². The van der Waals surface area contributed by atoms with Crippen LogP contribution in [0.2, 0.25) is 0 Å². The van der Waals surface area contributed by atoms with Gasteiger partial charge in [0.25, 0.3) is 0 Å². The molecule has 1 unspecified atom stereocenters. The molecule has 0 bridgehead atoms. The Morgan fingerprint density at radius 1 is 0.625 bits per heavy atom. The molecule has 0 radical (unpaired) electrons. The number of aromatic nitrogens is 1. The van der Waals surface area contributed by atoms with Crippen molar-refractivity contribution in [1.82, 2.24) is 9.88 Å². The second-order valence-corrected chi connectivity index (χ2v) is 15.5. The fourth-order valence-electron chi connectivity index (χ4n) is 9.06. The number of nitrogens with two attached hydrogens (primary N) is 1. The largest absolute Gasteiger partial charge is 0.366 e. The lowest BCUT2D eigenvalue weighted by atomic mass is 9.81. The summed E-state index contributed by atoms with van der Waals surface area (Å²) in [6.07, 6.45) is 2.69. The van der Waals surface area contributed by atoms with E-state index in [9.17, 15) is 0 Å². The summed E-state index contributed by atoms with van der Waals surface area (Å²) >= 11 is 0. The number of allylic oxidation sites excluding steroid dienone is 1. The van der Waals surface area contributed by atoms with Crippen LogP contribution in [0.3, 0.4) is 0 Å². The SMILES string of the molecule is CC1(C)c2cc3ccccc3cc2-c2c(/C(=C/Cc3cccc(-c4cccc5c4c4ccccc4n5-c4ccccc4)c3)NC(N)c3ccccc3)cccc21. The zero-order valence-electron chi connectivity index (χ0n) is 31.7. The summed E-state index contributed by atoms with van der Waals surface area (Å²) in [5, 5.41) is 8.84. The fraction of sp³-hybridized carbons (Fsp3) is 0.0943. The third-order valence-corrected chi connectivity index (χ3v) is 11.8. The summed E-state index contributed by atoms with van der Waals surface area (Å²) in [5.74, 6) is 0. The van der Waals surface area contributed by atoms with Crippen molar-refractivity contribution >= 4 is 38.3 Å². The van der Waals surface area contributed by atoms with E-state index in [1.54, 1.807) is 0 Å². The zero-order valence-corrected chi connectivity index (χ0v) is 31.7. The molecular weight excluding hydrogens is 679 g/mol. The molecule has 0 aliphatic heterocycles. The Labute approximate surface area is 328 Å². The third-order valence-electron chi connectivity index (χ3n) is 11.8. The van der Waals surface area contributed by atoms with Crippen LogP contribution in [0.15, 0.2) is 188 Å². The number of hydrogen-bond donors (Lipinski definition) is 2. The average molecular weight is 722 g/mol. The van der Waals surface area contributed by atoms with Crippen LogP contribution in [0.5, 0.6) is 0 Å². The lowest BCUT2D eigenvalue weighted by Gasteiger charge is -2.23. The van der Waals surface area contributed by atoms with Crippen LogP contribution in [-0.4, -0.2) is 4.57 Å². The van der Waals surface area contributed by atoms with E-state index in [4.69, 9.17) is 5.73 Å². The first kappa shape index (κ1) is 33.9. The average Bonchev–Trinajstić information content (AvgIpc) is 3.70. The lowest BCUT2D eigenvalue weighted by molar-refractivity contribution is 0.659. The molecule has 56 heavy (non-hydrogen) atoms. The van der Waals surface area contributed by atoms with E-state index >= 15 is 0 Å². The zero-order chi connectivity index (χ0) is 37.8. The van der Waals surface area contributed by atoms with Gasteiger partial charge in [-0.1, -0.05) is 166 Å². The molecule has 1 atom stereocenters. The van der Waals surface area contributed by atoms with Crippen LogP contribution >= 0.6 is 0 Å². The van der Waals surface area contributed by atoms with Crippen LogP contribution < -0.4 is 11.1 Å². The molecule has 1 aliphatic carbocycles. The van der Waals surface area contributed by atoms with Crippen molar-refractivity contribution in [2.24, 2.45) is 5.73 Å². The Bertz CT molecular complexity index is 2950. The summed E-state index contributed by atoms with van der Waals surface area (Å²) in [6, 6.07) is 65.7. The van der Waals surface area contributed by atoms with Crippen LogP contribution in [0.4, 0.5) is 0 Å². The van der Waals surface area contributed by atoms with Crippen LogP contribution in [-0.2, 0) is 11.8 Å². The second-order valence-electron chi connectivity index (χ2n) is 15.5. The van der Waals surface area contributed by atoms with Crippen molar-refractivity contribution in [3.05, 3.63) is 216 Å². The number of benzene rings is 8. The smallest absolute Gasteiger partial charge is 0.101 e. The van der Waals surface area contributed by atoms with Crippen LogP contribution in [0.25, 0.3) is 66.2 Å². The summed E-state index contributed by atoms with van der Waals surface area (Å²) in [6.45, 7) is 4.71. The van der Waals surface area contributed by atoms with Gasteiger partial charge in [0.15, 0.2) is 0 Å². The van der Waals surface area contributed by atoms with Gasteiger partial charge in [-0.15, -0.1) is 0 Å². The number of fused-ring (bicyclic) bond motifs is 7. The maximum Gasteiger partial charge on any atom is 0.101 e. The molecule has 3 N–H and O–H groups in total. The van der Waals surface area contributed by atoms with Gasteiger partial charge in [0, 0.05) is 33.1 Å². The molecule has 0 saturated carbocycles. The van der Waals surface area contributed by atoms with Gasteiger partial charge in [-0.3, -0.25) is 0 Å². The molecule has 3 heteroatoms. The second kappa shape index (κ2) is 13.6. The van der Waals surface area contributed by atoms with Gasteiger partial charge in [0.1, 0.15) is 6.17 Å². The fourth-order valence-corrected chi connectivity index (χ4v) is 9.06. The normalized spacial score (nSPS) is 13.9. The van der Waals surface area contributed by atoms with Gasteiger partial charge in [-0.25, -0.2) is 0 Å². The molecule has 0 fully saturated rings. The molecule has 1 heterocycles. The molecule has 0 saturated heterocycles. The Hall–Kier alpha value is -6.68. The monoisotopic (exact) mass is 721 g/mol. The Morgan fingerprint density at radius 3 is 2.12 bits per heavy atom. The molecule has 3 nitrogen and oxygen atoms in total. The van der Waals surface area contributed by atoms with Gasteiger partial charge >= 0.3 is 0 Å². The highest BCUT2D eigenvalue weighted by atomic mass is 15.0.